The lowest BCUT2D eigenvalue weighted by Gasteiger charge is -2.55. The van der Waals surface area contributed by atoms with Gasteiger partial charge in [-0.2, -0.15) is 0 Å². The minimum Gasteiger partial charge on any atom is -0.369 e. The monoisotopic (exact) mass is 299 g/mol. The van der Waals surface area contributed by atoms with E-state index >= 15 is 0 Å². The van der Waals surface area contributed by atoms with Crippen LogP contribution in [-0.4, -0.2) is 5.91 Å². The molecule has 4 unspecified atom stereocenters. The van der Waals surface area contributed by atoms with Crippen molar-refractivity contribution in [1.82, 2.24) is 0 Å². The number of carbonyl (C=O) groups excluding carboxylic acids is 1. The van der Waals surface area contributed by atoms with Crippen molar-refractivity contribution in [3.8, 4) is 0 Å². The number of rotatable bonds is 3. The molecule has 4 saturated carbocycles. The predicted molar refractivity (Wildman–Crippen MR) is 90.4 cm³/mol. The van der Waals surface area contributed by atoms with Gasteiger partial charge in [0.15, 0.2) is 0 Å². The first kappa shape index (κ1) is 14.3. The molecule has 2 nitrogen and oxygen atoms in total. The number of nitrogens with two attached hydrogens (primary N) is 1. The predicted octanol–water partition coefficient (Wildman–Crippen LogP) is 4.43. The highest BCUT2D eigenvalue weighted by Crippen LogP contribution is 2.67. The third-order valence-corrected chi connectivity index (χ3v) is 7.26. The van der Waals surface area contributed by atoms with Gasteiger partial charge in [0.05, 0.1) is 5.41 Å². The summed E-state index contributed by atoms with van der Waals surface area (Å²) < 4.78 is 0. The molecule has 4 aliphatic rings. The van der Waals surface area contributed by atoms with Crippen LogP contribution < -0.4 is 5.73 Å². The summed E-state index contributed by atoms with van der Waals surface area (Å²) in [5.74, 6) is 0.643. The van der Waals surface area contributed by atoms with Crippen molar-refractivity contribution in [2.45, 2.75) is 63.7 Å². The normalized spacial score (nSPS) is 43.0. The number of amides is 1. The first-order chi connectivity index (χ1) is 10.5. The van der Waals surface area contributed by atoms with Crippen LogP contribution in [0.4, 0.5) is 0 Å². The highest BCUT2D eigenvalue weighted by atomic mass is 16.1. The third kappa shape index (κ3) is 1.89. The molecule has 4 fully saturated rings. The second-order valence-electron chi connectivity index (χ2n) is 8.48. The highest BCUT2D eigenvalue weighted by molar-refractivity contribution is 5.81. The van der Waals surface area contributed by atoms with Crippen molar-refractivity contribution >= 4 is 5.91 Å². The average Bonchev–Trinajstić information content (AvgIpc) is 2.71. The van der Waals surface area contributed by atoms with Crippen LogP contribution in [0.25, 0.3) is 0 Å². The number of carbonyl (C=O) groups is 1. The van der Waals surface area contributed by atoms with Gasteiger partial charge in [-0.25, -0.2) is 0 Å². The Bertz CT molecular complexity index is 603. The van der Waals surface area contributed by atoms with Crippen molar-refractivity contribution < 1.29 is 6.22 Å². The van der Waals surface area contributed by atoms with Crippen molar-refractivity contribution in [3.05, 3.63) is 35.9 Å². The summed E-state index contributed by atoms with van der Waals surface area (Å²) in [5.41, 5.74) is 7.77. The quantitative estimate of drug-likeness (QED) is 0.881. The van der Waals surface area contributed by atoms with E-state index in [4.69, 9.17) is 5.73 Å². The van der Waals surface area contributed by atoms with Crippen molar-refractivity contribution in [1.29, 1.82) is 0 Å². The summed E-state index contributed by atoms with van der Waals surface area (Å²) in [6.45, 7) is 2.35. The zero-order valence-corrected chi connectivity index (χ0v) is 13.6. The zero-order chi connectivity index (χ0) is 15.4. The van der Waals surface area contributed by atoms with E-state index in [9.17, 15) is 4.79 Å². The standard InChI is InChI=1S/C20H27NO.H2/c1-2-18-8-9-19(17(21)22)11-15(10-18)12-20(13-18,14-19)16-6-4-3-5-7-16;/h3-7,15H,2,8-14H2,1H3,(H2,21,22);1H. The number of hydrogen-bond donors (Lipinski definition) is 1. The van der Waals surface area contributed by atoms with Gasteiger partial charge in [-0.05, 0) is 67.3 Å². The van der Waals surface area contributed by atoms with Gasteiger partial charge in [0, 0.05) is 1.43 Å². The molecule has 1 aromatic rings. The largest absolute Gasteiger partial charge is 0.369 e. The Hall–Kier alpha value is -1.31. The zero-order valence-electron chi connectivity index (χ0n) is 13.6. The molecule has 22 heavy (non-hydrogen) atoms. The van der Waals surface area contributed by atoms with Crippen LogP contribution in [0.2, 0.25) is 0 Å². The van der Waals surface area contributed by atoms with E-state index < -0.39 is 0 Å². The lowest BCUT2D eigenvalue weighted by Crippen LogP contribution is -2.51. The van der Waals surface area contributed by atoms with E-state index in [1.165, 1.54) is 37.7 Å². The molecule has 0 radical (unpaired) electrons. The second-order valence-corrected chi connectivity index (χ2v) is 8.48. The molecule has 0 aromatic heterocycles. The fourth-order valence-electron chi connectivity index (χ4n) is 6.41. The smallest absolute Gasteiger partial charge is 0.223 e. The summed E-state index contributed by atoms with van der Waals surface area (Å²) in [7, 11) is 0. The van der Waals surface area contributed by atoms with Crippen LogP contribution >= 0.6 is 0 Å². The van der Waals surface area contributed by atoms with Gasteiger partial charge in [-0.15, -0.1) is 0 Å². The van der Waals surface area contributed by atoms with Crippen molar-refractivity contribution in [3.63, 3.8) is 0 Å². The molecule has 0 aliphatic heterocycles. The van der Waals surface area contributed by atoms with Gasteiger partial charge < -0.3 is 5.73 Å². The second kappa shape index (κ2) is 4.59. The van der Waals surface area contributed by atoms with E-state index in [2.05, 4.69) is 37.3 Å². The Morgan fingerprint density at radius 1 is 1.18 bits per heavy atom. The first-order valence-electron chi connectivity index (χ1n) is 8.87. The Labute approximate surface area is 135 Å². The Balaban J connectivity index is 0.00000156. The molecule has 2 heteroatoms. The molecule has 4 bridgehead atoms. The van der Waals surface area contributed by atoms with Crippen molar-refractivity contribution in [2.24, 2.45) is 22.5 Å². The molecule has 0 heterocycles. The fourth-order valence-corrected chi connectivity index (χ4v) is 6.41. The van der Waals surface area contributed by atoms with Gasteiger partial charge >= 0.3 is 0 Å². The van der Waals surface area contributed by atoms with E-state index in [1.807, 2.05) is 0 Å². The van der Waals surface area contributed by atoms with E-state index in [1.54, 1.807) is 0 Å². The van der Waals surface area contributed by atoms with Gasteiger partial charge in [0.2, 0.25) is 5.91 Å². The summed E-state index contributed by atoms with van der Waals surface area (Å²) >= 11 is 0. The van der Waals surface area contributed by atoms with Gasteiger partial charge in [0.1, 0.15) is 0 Å². The molecule has 5 rings (SSSR count). The van der Waals surface area contributed by atoms with Crippen LogP contribution in [0.5, 0.6) is 0 Å². The SMILES string of the molecule is CCC12CCC3(C(N)=O)CC(C1)CC(c1ccccc1)(C2)C3.[HH]. The molecule has 0 spiro atoms. The van der Waals surface area contributed by atoms with Gasteiger partial charge in [-0.3, -0.25) is 4.79 Å². The minimum absolute atomic E-state index is 0. The van der Waals surface area contributed by atoms with E-state index in [-0.39, 0.29) is 18.2 Å². The summed E-state index contributed by atoms with van der Waals surface area (Å²) in [6, 6.07) is 11.0. The molecule has 120 valence electrons. The molecule has 4 atom stereocenters. The summed E-state index contributed by atoms with van der Waals surface area (Å²) in [5, 5.41) is 0. The Morgan fingerprint density at radius 3 is 2.64 bits per heavy atom. The van der Waals surface area contributed by atoms with E-state index in [0.717, 1.165) is 19.3 Å². The molecule has 0 saturated heterocycles. The lowest BCUT2D eigenvalue weighted by atomic mass is 9.49. The maximum atomic E-state index is 12.4. The molecular formula is C20H29NO. The van der Waals surface area contributed by atoms with Gasteiger partial charge in [0.25, 0.3) is 0 Å². The van der Waals surface area contributed by atoms with Crippen LogP contribution in [-0.2, 0) is 10.2 Å². The highest BCUT2D eigenvalue weighted by Gasteiger charge is 2.61. The Morgan fingerprint density at radius 2 is 1.95 bits per heavy atom. The van der Waals surface area contributed by atoms with Crippen LogP contribution in [0.1, 0.15) is 65.3 Å². The fraction of sp³-hybridized carbons (Fsp3) is 0.650. The maximum Gasteiger partial charge on any atom is 0.223 e. The number of fused-ring (bicyclic) bond motifs is 1. The van der Waals surface area contributed by atoms with Crippen molar-refractivity contribution in [2.75, 3.05) is 0 Å². The third-order valence-electron chi connectivity index (χ3n) is 7.26. The Kier molecular flexibility index (Phi) is 2.99. The number of benzene rings is 1. The average molecular weight is 299 g/mol. The van der Waals surface area contributed by atoms with E-state index in [0.29, 0.717) is 11.3 Å². The van der Waals surface area contributed by atoms with Gasteiger partial charge in [-0.1, -0.05) is 43.7 Å². The first-order valence-corrected chi connectivity index (χ1v) is 8.87. The number of primary amides is 1. The maximum absolute atomic E-state index is 12.4. The molecular weight excluding hydrogens is 270 g/mol. The molecule has 1 amide bonds. The minimum atomic E-state index is -0.244. The molecule has 2 N–H and O–H groups in total. The van der Waals surface area contributed by atoms with Crippen LogP contribution in [0.3, 0.4) is 0 Å². The number of hydrogen-bond acceptors (Lipinski definition) is 1. The topological polar surface area (TPSA) is 43.1 Å². The molecule has 4 aliphatic carbocycles. The summed E-state index contributed by atoms with van der Waals surface area (Å²) in [6.07, 6.45) is 9.30. The molecule has 1 aromatic carbocycles. The summed E-state index contributed by atoms with van der Waals surface area (Å²) in [4.78, 5) is 12.4. The van der Waals surface area contributed by atoms with Crippen LogP contribution in [0.15, 0.2) is 30.3 Å². The lowest BCUT2D eigenvalue weighted by molar-refractivity contribution is -0.133. The van der Waals surface area contributed by atoms with Crippen LogP contribution in [0, 0.1) is 16.7 Å².